The molecular weight excluding hydrogens is 339 g/mol. The lowest BCUT2D eigenvalue weighted by Gasteiger charge is -2.12. The lowest BCUT2D eigenvalue weighted by atomic mass is 9.98. The lowest BCUT2D eigenvalue weighted by molar-refractivity contribution is 0.103. The number of halogens is 2. The molecule has 0 radical (unpaired) electrons. The van der Waals surface area contributed by atoms with Gasteiger partial charge in [0.05, 0.1) is 24.3 Å². The number of methoxy groups -OCH3 is 2. The highest BCUT2D eigenvalue weighted by Gasteiger charge is 2.19. The van der Waals surface area contributed by atoms with Gasteiger partial charge in [0.15, 0.2) is 5.78 Å². The number of hydrogen-bond donors (Lipinski definition) is 0. The maximum absolute atomic E-state index is 13.4. The van der Waals surface area contributed by atoms with Crippen LogP contribution in [0.4, 0.5) is 4.39 Å². The van der Waals surface area contributed by atoms with Gasteiger partial charge < -0.3 is 9.47 Å². The molecule has 0 aliphatic carbocycles. The molecule has 0 saturated carbocycles. The average molecular weight is 353 g/mol. The van der Waals surface area contributed by atoms with Crippen molar-refractivity contribution in [2.45, 2.75) is 6.92 Å². The lowest BCUT2D eigenvalue weighted by Crippen LogP contribution is -2.07. The Kier molecular flexibility index (Phi) is 4.63. The first-order valence-corrected chi connectivity index (χ1v) is 6.99. The Morgan fingerprint density at radius 2 is 1.71 bits per heavy atom. The van der Waals surface area contributed by atoms with Crippen molar-refractivity contribution in [2.75, 3.05) is 14.2 Å². The van der Waals surface area contributed by atoms with Gasteiger partial charge in [-0.05, 0) is 52.7 Å². The number of ether oxygens (including phenoxy) is 2. The molecule has 0 aromatic heterocycles. The number of hydrogen-bond acceptors (Lipinski definition) is 3. The van der Waals surface area contributed by atoms with Crippen LogP contribution in [0.1, 0.15) is 21.5 Å². The summed E-state index contributed by atoms with van der Waals surface area (Å²) in [5, 5.41) is 0. The summed E-state index contributed by atoms with van der Waals surface area (Å²) in [6.07, 6.45) is 0. The van der Waals surface area contributed by atoms with E-state index in [9.17, 15) is 9.18 Å². The Morgan fingerprint density at radius 3 is 2.33 bits per heavy atom. The van der Waals surface area contributed by atoms with Gasteiger partial charge in [0.1, 0.15) is 17.3 Å². The smallest absolute Gasteiger partial charge is 0.197 e. The third kappa shape index (κ3) is 3.08. The van der Waals surface area contributed by atoms with E-state index in [1.807, 2.05) is 0 Å². The summed E-state index contributed by atoms with van der Waals surface area (Å²) in [5.74, 6) is 0.145. The molecule has 0 heterocycles. The first-order chi connectivity index (χ1) is 9.97. The molecule has 0 aliphatic heterocycles. The maximum atomic E-state index is 13.4. The molecule has 2 aromatic carbocycles. The van der Waals surface area contributed by atoms with Crippen molar-refractivity contribution in [3.05, 3.63) is 57.3 Å². The molecule has 0 saturated heterocycles. The molecule has 0 spiro atoms. The Hall–Kier alpha value is -1.88. The molecule has 2 rings (SSSR count). The van der Waals surface area contributed by atoms with Gasteiger partial charge in [0.25, 0.3) is 0 Å². The van der Waals surface area contributed by atoms with Gasteiger partial charge in [0.2, 0.25) is 0 Å². The summed E-state index contributed by atoms with van der Waals surface area (Å²) in [6, 6.07) is 7.36. The summed E-state index contributed by atoms with van der Waals surface area (Å²) in [4.78, 5) is 12.7. The second-order valence-corrected chi connectivity index (χ2v) is 5.33. The number of rotatable bonds is 4. The fourth-order valence-electron chi connectivity index (χ4n) is 2.02. The first-order valence-electron chi connectivity index (χ1n) is 6.20. The van der Waals surface area contributed by atoms with Gasteiger partial charge in [-0.3, -0.25) is 4.79 Å². The van der Waals surface area contributed by atoms with E-state index >= 15 is 0 Å². The van der Waals surface area contributed by atoms with Gasteiger partial charge in [-0.25, -0.2) is 4.39 Å². The predicted molar refractivity (Wildman–Crippen MR) is 81.8 cm³/mol. The van der Waals surface area contributed by atoms with Crippen molar-refractivity contribution in [1.29, 1.82) is 0 Å². The summed E-state index contributed by atoms with van der Waals surface area (Å²) in [7, 11) is 2.98. The molecule has 2 aromatic rings. The van der Waals surface area contributed by atoms with E-state index in [1.54, 1.807) is 25.1 Å². The molecule has 3 nitrogen and oxygen atoms in total. The molecule has 0 amide bonds. The second-order valence-electron chi connectivity index (χ2n) is 4.48. The molecular formula is C16H14BrFO3. The minimum atomic E-state index is -0.452. The zero-order chi connectivity index (χ0) is 15.6. The van der Waals surface area contributed by atoms with E-state index in [-0.39, 0.29) is 5.78 Å². The van der Waals surface area contributed by atoms with E-state index in [0.717, 1.165) is 0 Å². The highest BCUT2D eigenvalue weighted by Crippen LogP contribution is 2.34. The number of aryl methyl sites for hydroxylation is 1. The van der Waals surface area contributed by atoms with Crippen LogP contribution >= 0.6 is 15.9 Å². The van der Waals surface area contributed by atoms with Crippen molar-refractivity contribution in [3.8, 4) is 11.5 Å². The van der Waals surface area contributed by atoms with Crippen molar-refractivity contribution in [2.24, 2.45) is 0 Å². The van der Waals surface area contributed by atoms with Crippen LogP contribution in [0.5, 0.6) is 11.5 Å². The van der Waals surface area contributed by atoms with Crippen LogP contribution in [0.15, 0.2) is 34.8 Å². The average Bonchev–Trinajstić information content (AvgIpc) is 2.48. The summed E-state index contributed by atoms with van der Waals surface area (Å²) in [6.45, 7) is 1.76. The van der Waals surface area contributed by atoms with Gasteiger partial charge in [0, 0.05) is 5.56 Å². The van der Waals surface area contributed by atoms with E-state index in [0.29, 0.717) is 32.7 Å². The van der Waals surface area contributed by atoms with Gasteiger partial charge >= 0.3 is 0 Å². The molecule has 0 N–H and O–H groups in total. The number of carbonyl (C=O) groups is 1. The highest BCUT2D eigenvalue weighted by molar-refractivity contribution is 9.10. The molecule has 0 fully saturated rings. The fourth-order valence-corrected chi connectivity index (χ4v) is 2.51. The molecule has 0 aliphatic rings. The van der Waals surface area contributed by atoms with Gasteiger partial charge in [-0.2, -0.15) is 0 Å². The van der Waals surface area contributed by atoms with Crippen molar-refractivity contribution in [3.63, 3.8) is 0 Å². The van der Waals surface area contributed by atoms with Crippen LogP contribution in [-0.4, -0.2) is 20.0 Å². The van der Waals surface area contributed by atoms with E-state index in [4.69, 9.17) is 9.47 Å². The number of ketones is 1. The predicted octanol–water partition coefficient (Wildman–Crippen LogP) is 4.14. The first kappa shape index (κ1) is 15.5. The van der Waals surface area contributed by atoms with Crippen molar-refractivity contribution in [1.82, 2.24) is 0 Å². The topological polar surface area (TPSA) is 35.5 Å². The van der Waals surface area contributed by atoms with Crippen molar-refractivity contribution < 1.29 is 18.7 Å². The second kappa shape index (κ2) is 6.26. The van der Waals surface area contributed by atoms with Crippen molar-refractivity contribution >= 4 is 21.7 Å². The minimum absolute atomic E-state index is 0.303. The van der Waals surface area contributed by atoms with Crippen LogP contribution in [0, 0.1) is 12.7 Å². The van der Waals surface area contributed by atoms with Crippen LogP contribution in [0.3, 0.4) is 0 Å². The summed E-state index contributed by atoms with van der Waals surface area (Å²) < 4.78 is 24.5. The third-order valence-electron chi connectivity index (χ3n) is 3.16. The van der Waals surface area contributed by atoms with E-state index in [1.165, 1.54) is 26.4 Å². The summed E-state index contributed by atoms with van der Waals surface area (Å²) in [5.41, 5.74) is 1.33. The quantitative estimate of drug-likeness (QED) is 0.775. The standard InChI is InChI=1S/C16H14BrFO3/c1-9-4-5-10(18)6-11(9)16(19)12-7-15(21-3)13(17)8-14(12)20-2/h4-8H,1-3H3. The van der Waals surface area contributed by atoms with Crippen LogP contribution in [-0.2, 0) is 0 Å². The van der Waals surface area contributed by atoms with Gasteiger partial charge in [-0.15, -0.1) is 0 Å². The van der Waals surface area contributed by atoms with E-state index < -0.39 is 5.82 Å². The normalized spacial score (nSPS) is 10.3. The Morgan fingerprint density at radius 1 is 1.05 bits per heavy atom. The van der Waals surface area contributed by atoms with Crippen LogP contribution in [0.2, 0.25) is 0 Å². The summed E-state index contributed by atoms with van der Waals surface area (Å²) >= 11 is 3.34. The number of carbonyl (C=O) groups excluding carboxylic acids is 1. The molecule has 5 heteroatoms. The highest BCUT2D eigenvalue weighted by atomic mass is 79.9. The molecule has 0 unspecified atom stereocenters. The zero-order valence-corrected chi connectivity index (χ0v) is 13.5. The molecule has 110 valence electrons. The van der Waals surface area contributed by atoms with E-state index in [2.05, 4.69) is 15.9 Å². The largest absolute Gasteiger partial charge is 0.496 e. The maximum Gasteiger partial charge on any atom is 0.197 e. The Bertz CT molecular complexity index is 698. The fraction of sp³-hybridized carbons (Fsp3) is 0.188. The Balaban J connectivity index is 2.59. The SMILES string of the molecule is COc1cc(C(=O)c2cc(F)ccc2C)c(OC)cc1Br. The van der Waals surface area contributed by atoms with Gasteiger partial charge in [-0.1, -0.05) is 6.07 Å². The van der Waals surface area contributed by atoms with Crippen LogP contribution < -0.4 is 9.47 Å². The zero-order valence-electron chi connectivity index (χ0n) is 11.9. The number of benzene rings is 2. The molecule has 0 atom stereocenters. The third-order valence-corrected chi connectivity index (χ3v) is 3.78. The molecule has 0 bridgehead atoms. The van der Waals surface area contributed by atoms with Crippen LogP contribution in [0.25, 0.3) is 0 Å². The monoisotopic (exact) mass is 352 g/mol. The minimum Gasteiger partial charge on any atom is -0.496 e. The molecule has 21 heavy (non-hydrogen) atoms. The Labute approximate surface area is 130 Å².